The Labute approximate surface area is 115 Å². The summed E-state index contributed by atoms with van der Waals surface area (Å²) in [6.45, 7) is 5.87. The molecule has 1 atom stereocenters. The first-order valence-corrected chi connectivity index (χ1v) is 6.33. The molecule has 0 spiro atoms. The molecule has 1 N–H and O–H groups in total. The van der Waals surface area contributed by atoms with Crippen LogP contribution < -0.4 is 10.1 Å². The number of methoxy groups -OCH3 is 1. The average Bonchev–Trinajstić information content (AvgIpc) is 2.39. The van der Waals surface area contributed by atoms with Crippen molar-refractivity contribution in [3.8, 4) is 5.75 Å². The number of benzene rings is 1. The second-order valence-corrected chi connectivity index (χ2v) is 4.36. The minimum atomic E-state index is -0.117. The molecule has 0 aromatic heterocycles. The number of rotatable bonds is 5. The van der Waals surface area contributed by atoms with Gasteiger partial charge in [0.2, 0.25) is 5.91 Å². The second-order valence-electron chi connectivity index (χ2n) is 4.36. The molecule has 0 aliphatic rings. The average molecular weight is 259 g/mol. The van der Waals surface area contributed by atoms with Gasteiger partial charge in [-0.05, 0) is 26.8 Å². The summed E-state index contributed by atoms with van der Waals surface area (Å²) in [5, 5.41) is 2.92. The van der Waals surface area contributed by atoms with Gasteiger partial charge in [-0.1, -0.05) is 35.9 Å². The highest BCUT2D eigenvalue weighted by Crippen LogP contribution is 2.25. The number of hydrogen-bond donors (Lipinski definition) is 1. The Morgan fingerprint density at radius 3 is 2.74 bits per heavy atom. The van der Waals surface area contributed by atoms with Crippen LogP contribution in [0.15, 0.2) is 42.5 Å². The summed E-state index contributed by atoms with van der Waals surface area (Å²) < 4.78 is 5.32. The van der Waals surface area contributed by atoms with Crippen molar-refractivity contribution in [2.75, 3.05) is 7.11 Å². The molecule has 0 heterocycles. The summed E-state index contributed by atoms with van der Waals surface area (Å²) >= 11 is 0. The summed E-state index contributed by atoms with van der Waals surface area (Å²) in [4.78, 5) is 11.7. The van der Waals surface area contributed by atoms with Crippen LogP contribution in [0.25, 0.3) is 0 Å². The minimum absolute atomic E-state index is 0.0994. The fraction of sp³-hybridized carbons (Fsp3) is 0.312. The van der Waals surface area contributed by atoms with Crippen molar-refractivity contribution >= 4 is 5.91 Å². The van der Waals surface area contributed by atoms with Gasteiger partial charge in [0, 0.05) is 11.6 Å². The zero-order chi connectivity index (χ0) is 14.3. The van der Waals surface area contributed by atoms with Crippen molar-refractivity contribution in [3.05, 3.63) is 53.6 Å². The van der Waals surface area contributed by atoms with E-state index in [0.717, 1.165) is 16.9 Å². The maximum absolute atomic E-state index is 11.7. The van der Waals surface area contributed by atoms with Gasteiger partial charge in [0.1, 0.15) is 5.75 Å². The molecule has 102 valence electrons. The van der Waals surface area contributed by atoms with Crippen LogP contribution in [0.1, 0.15) is 31.0 Å². The molecule has 3 nitrogen and oxygen atoms in total. The number of amides is 1. The summed E-state index contributed by atoms with van der Waals surface area (Å²) in [6, 6.07) is 5.84. The number of carbonyl (C=O) groups is 1. The number of aryl methyl sites for hydroxylation is 1. The van der Waals surface area contributed by atoms with E-state index in [2.05, 4.69) is 5.32 Å². The van der Waals surface area contributed by atoms with Crippen molar-refractivity contribution in [1.29, 1.82) is 0 Å². The zero-order valence-corrected chi connectivity index (χ0v) is 11.9. The third-order valence-electron chi connectivity index (χ3n) is 2.76. The van der Waals surface area contributed by atoms with E-state index in [1.165, 1.54) is 6.08 Å². The molecule has 1 rings (SSSR count). The molecule has 3 heteroatoms. The molecule has 0 saturated carbocycles. The Balaban J connectivity index is 2.80. The second kappa shape index (κ2) is 7.41. The van der Waals surface area contributed by atoms with Crippen molar-refractivity contribution in [3.63, 3.8) is 0 Å². The first kappa shape index (κ1) is 15.0. The van der Waals surface area contributed by atoms with E-state index in [9.17, 15) is 4.79 Å². The van der Waals surface area contributed by atoms with Crippen molar-refractivity contribution in [1.82, 2.24) is 5.32 Å². The summed E-state index contributed by atoms with van der Waals surface area (Å²) in [5.41, 5.74) is 2.12. The highest BCUT2D eigenvalue weighted by Gasteiger charge is 2.12. The van der Waals surface area contributed by atoms with Gasteiger partial charge in [-0.15, -0.1) is 0 Å². The van der Waals surface area contributed by atoms with Crippen molar-refractivity contribution < 1.29 is 9.53 Å². The van der Waals surface area contributed by atoms with Crippen LogP contribution in [0.4, 0.5) is 0 Å². The predicted octanol–water partition coefficient (Wildman–Crippen LogP) is 3.31. The van der Waals surface area contributed by atoms with E-state index in [-0.39, 0.29) is 11.9 Å². The Hall–Kier alpha value is -2.03. The number of carbonyl (C=O) groups excluding carboxylic acids is 1. The smallest absolute Gasteiger partial charge is 0.244 e. The van der Waals surface area contributed by atoms with Crippen LogP contribution in [-0.4, -0.2) is 13.0 Å². The predicted molar refractivity (Wildman–Crippen MR) is 78.2 cm³/mol. The fourth-order valence-corrected chi connectivity index (χ4v) is 1.79. The lowest BCUT2D eigenvalue weighted by Gasteiger charge is -2.17. The minimum Gasteiger partial charge on any atom is -0.496 e. The number of allylic oxidation sites excluding steroid dienone is 3. The van der Waals surface area contributed by atoms with Crippen molar-refractivity contribution in [2.24, 2.45) is 0 Å². The number of ether oxygens (including phenoxy) is 1. The molecule has 0 radical (unpaired) electrons. The molecule has 0 saturated heterocycles. The van der Waals surface area contributed by atoms with E-state index in [4.69, 9.17) is 4.74 Å². The summed E-state index contributed by atoms with van der Waals surface area (Å²) in [5.74, 6) is 0.671. The van der Waals surface area contributed by atoms with Crippen LogP contribution >= 0.6 is 0 Å². The number of hydrogen-bond acceptors (Lipinski definition) is 2. The summed E-state index contributed by atoms with van der Waals surface area (Å²) in [6.07, 6.45) is 6.92. The molecule has 1 aromatic rings. The lowest BCUT2D eigenvalue weighted by atomic mass is 10.0. The molecule has 19 heavy (non-hydrogen) atoms. The molecular weight excluding hydrogens is 238 g/mol. The van der Waals surface area contributed by atoms with E-state index in [1.807, 2.05) is 51.1 Å². The third-order valence-corrected chi connectivity index (χ3v) is 2.76. The van der Waals surface area contributed by atoms with Gasteiger partial charge in [-0.3, -0.25) is 4.79 Å². The zero-order valence-electron chi connectivity index (χ0n) is 11.9. The van der Waals surface area contributed by atoms with Gasteiger partial charge in [-0.25, -0.2) is 0 Å². The highest BCUT2D eigenvalue weighted by atomic mass is 16.5. The van der Waals surface area contributed by atoms with Crippen LogP contribution in [0, 0.1) is 6.92 Å². The largest absolute Gasteiger partial charge is 0.496 e. The van der Waals surface area contributed by atoms with Crippen LogP contribution in [0.5, 0.6) is 5.75 Å². The summed E-state index contributed by atoms with van der Waals surface area (Å²) in [7, 11) is 1.63. The van der Waals surface area contributed by atoms with Gasteiger partial charge in [0.25, 0.3) is 0 Å². The SMILES string of the molecule is C/C=C/C=C/C(=O)N[C@H](C)c1cc(C)ccc1OC. The lowest BCUT2D eigenvalue weighted by Crippen LogP contribution is -2.25. The normalized spacial score (nSPS) is 12.8. The Morgan fingerprint density at radius 2 is 2.11 bits per heavy atom. The molecular formula is C16H21NO2. The maximum atomic E-state index is 11.7. The van der Waals surface area contributed by atoms with Gasteiger partial charge >= 0.3 is 0 Å². The van der Waals surface area contributed by atoms with Gasteiger partial charge in [0.05, 0.1) is 13.2 Å². The van der Waals surface area contributed by atoms with Crippen LogP contribution in [0.2, 0.25) is 0 Å². The molecule has 1 amide bonds. The lowest BCUT2D eigenvalue weighted by molar-refractivity contribution is -0.117. The maximum Gasteiger partial charge on any atom is 0.244 e. The molecule has 1 aromatic carbocycles. The van der Waals surface area contributed by atoms with Crippen molar-refractivity contribution in [2.45, 2.75) is 26.8 Å². The third kappa shape index (κ3) is 4.62. The molecule has 0 aliphatic carbocycles. The molecule has 0 aliphatic heterocycles. The standard InChI is InChI=1S/C16H21NO2/c1-5-6-7-8-16(18)17-13(3)14-11-12(2)9-10-15(14)19-4/h5-11,13H,1-4H3,(H,17,18)/b6-5+,8-7+/t13-/m1/s1. The Kier molecular flexibility index (Phi) is 5.86. The van der Waals surface area contributed by atoms with E-state index < -0.39 is 0 Å². The van der Waals surface area contributed by atoms with E-state index >= 15 is 0 Å². The topological polar surface area (TPSA) is 38.3 Å². The monoisotopic (exact) mass is 259 g/mol. The first-order valence-electron chi connectivity index (χ1n) is 6.33. The Morgan fingerprint density at radius 1 is 1.37 bits per heavy atom. The van der Waals surface area contributed by atoms with Gasteiger partial charge in [0.15, 0.2) is 0 Å². The fourth-order valence-electron chi connectivity index (χ4n) is 1.79. The number of nitrogens with one attached hydrogen (secondary N) is 1. The Bertz CT molecular complexity index is 490. The van der Waals surface area contributed by atoms with E-state index in [0.29, 0.717) is 0 Å². The highest BCUT2D eigenvalue weighted by molar-refractivity contribution is 5.88. The van der Waals surface area contributed by atoms with Gasteiger partial charge < -0.3 is 10.1 Å². The molecule has 0 fully saturated rings. The van der Waals surface area contributed by atoms with E-state index in [1.54, 1.807) is 13.2 Å². The van der Waals surface area contributed by atoms with Gasteiger partial charge in [-0.2, -0.15) is 0 Å². The molecule has 0 bridgehead atoms. The molecule has 0 unspecified atom stereocenters. The first-order chi connectivity index (χ1) is 9.08. The van der Waals surface area contributed by atoms with Crippen LogP contribution in [0.3, 0.4) is 0 Å². The van der Waals surface area contributed by atoms with Crippen LogP contribution in [-0.2, 0) is 4.79 Å². The quantitative estimate of drug-likeness (QED) is 0.650.